The van der Waals surface area contributed by atoms with Gasteiger partial charge in [-0.2, -0.15) is 5.26 Å². The van der Waals surface area contributed by atoms with Gasteiger partial charge in [-0.1, -0.05) is 42.5 Å². The molecule has 0 aromatic heterocycles. The summed E-state index contributed by atoms with van der Waals surface area (Å²) in [6.07, 6.45) is 0. The molecule has 2 aromatic carbocycles. The largest absolute Gasteiger partial charge is 0.309 e. The maximum absolute atomic E-state index is 13.7. The van der Waals surface area contributed by atoms with E-state index in [4.69, 9.17) is 5.26 Å². The Labute approximate surface area is 106 Å². The van der Waals surface area contributed by atoms with Gasteiger partial charge in [0.05, 0.1) is 5.56 Å². The van der Waals surface area contributed by atoms with Crippen molar-refractivity contribution >= 4 is 0 Å². The van der Waals surface area contributed by atoms with Gasteiger partial charge < -0.3 is 5.32 Å². The second-order valence-corrected chi connectivity index (χ2v) is 3.98. The molecule has 18 heavy (non-hydrogen) atoms. The van der Waals surface area contributed by atoms with Crippen LogP contribution in [0.4, 0.5) is 4.39 Å². The van der Waals surface area contributed by atoms with Crippen molar-refractivity contribution in [2.45, 2.75) is 13.1 Å². The molecule has 90 valence electrons. The normalized spacial score (nSPS) is 10.0. The molecule has 3 heteroatoms. The van der Waals surface area contributed by atoms with Gasteiger partial charge in [0.1, 0.15) is 11.9 Å². The van der Waals surface area contributed by atoms with Crippen LogP contribution in [0.2, 0.25) is 0 Å². The van der Waals surface area contributed by atoms with Gasteiger partial charge in [0.2, 0.25) is 0 Å². The maximum Gasteiger partial charge on any atom is 0.145 e. The SMILES string of the molecule is N#Cc1cccc(CNCc2ccccc2)c1F. The Morgan fingerprint density at radius 3 is 2.50 bits per heavy atom. The second-order valence-electron chi connectivity index (χ2n) is 3.98. The van der Waals surface area contributed by atoms with Crippen molar-refractivity contribution in [2.75, 3.05) is 0 Å². The van der Waals surface area contributed by atoms with Gasteiger partial charge >= 0.3 is 0 Å². The van der Waals surface area contributed by atoms with Crippen LogP contribution in [0.1, 0.15) is 16.7 Å². The number of hydrogen-bond acceptors (Lipinski definition) is 2. The Bertz CT molecular complexity index is 558. The maximum atomic E-state index is 13.7. The van der Waals surface area contributed by atoms with Gasteiger partial charge in [-0.25, -0.2) is 4.39 Å². The van der Waals surface area contributed by atoms with Crippen molar-refractivity contribution in [3.63, 3.8) is 0 Å². The van der Waals surface area contributed by atoms with Crippen molar-refractivity contribution < 1.29 is 4.39 Å². The third-order valence-corrected chi connectivity index (χ3v) is 2.69. The fraction of sp³-hybridized carbons (Fsp3) is 0.133. The molecule has 2 rings (SSSR count). The summed E-state index contributed by atoms with van der Waals surface area (Å²) in [5.41, 5.74) is 1.76. The molecule has 0 bridgehead atoms. The minimum Gasteiger partial charge on any atom is -0.309 e. The van der Waals surface area contributed by atoms with E-state index < -0.39 is 5.82 Å². The number of halogens is 1. The predicted molar refractivity (Wildman–Crippen MR) is 68.1 cm³/mol. The highest BCUT2D eigenvalue weighted by Gasteiger charge is 2.06. The highest BCUT2D eigenvalue weighted by Crippen LogP contribution is 2.12. The van der Waals surface area contributed by atoms with Crippen LogP contribution >= 0.6 is 0 Å². The molecule has 0 amide bonds. The second kappa shape index (κ2) is 5.95. The van der Waals surface area contributed by atoms with E-state index >= 15 is 0 Å². The summed E-state index contributed by atoms with van der Waals surface area (Å²) >= 11 is 0. The standard InChI is InChI=1S/C15H13FN2/c16-15-13(9-17)7-4-8-14(15)11-18-10-12-5-2-1-3-6-12/h1-8,18H,10-11H2. The zero-order valence-electron chi connectivity index (χ0n) is 9.86. The van der Waals surface area contributed by atoms with Crippen LogP contribution in [0.5, 0.6) is 0 Å². The van der Waals surface area contributed by atoms with Gasteiger partial charge in [-0.15, -0.1) is 0 Å². The minimum atomic E-state index is -0.430. The summed E-state index contributed by atoms with van der Waals surface area (Å²) in [4.78, 5) is 0. The summed E-state index contributed by atoms with van der Waals surface area (Å²) in [7, 11) is 0. The molecule has 0 spiro atoms. The fourth-order valence-electron chi connectivity index (χ4n) is 1.74. The van der Waals surface area contributed by atoms with Crippen LogP contribution in [-0.2, 0) is 13.1 Å². The first-order valence-corrected chi connectivity index (χ1v) is 5.73. The number of nitrogens with zero attached hydrogens (tertiary/aromatic N) is 1. The van der Waals surface area contributed by atoms with Gasteiger partial charge in [-0.05, 0) is 11.6 Å². The lowest BCUT2D eigenvalue weighted by Crippen LogP contribution is -2.14. The highest BCUT2D eigenvalue weighted by atomic mass is 19.1. The quantitative estimate of drug-likeness (QED) is 0.891. The Morgan fingerprint density at radius 2 is 1.78 bits per heavy atom. The monoisotopic (exact) mass is 240 g/mol. The molecule has 0 saturated heterocycles. The summed E-state index contributed by atoms with van der Waals surface area (Å²) in [6.45, 7) is 1.09. The van der Waals surface area contributed by atoms with Crippen molar-refractivity contribution in [2.24, 2.45) is 0 Å². The van der Waals surface area contributed by atoms with E-state index in [1.807, 2.05) is 36.4 Å². The van der Waals surface area contributed by atoms with E-state index in [1.165, 1.54) is 6.07 Å². The van der Waals surface area contributed by atoms with Gasteiger partial charge in [0.15, 0.2) is 0 Å². The molecule has 0 aliphatic heterocycles. The van der Waals surface area contributed by atoms with Crippen LogP contribution in [0.15, 0.2) is 48.5 Å². The molecular formula is C15H13FN2. The Morgan fingerprint density at radius 1 is 1.00 bits per heavy atom. The minimum absolute atomic E-state index is 0.0917. The molecular weight excluding hydrogens is 227 g/mol. The molecule has 0 unspecified atom stereocenters. The molecule has 2 nitrogen and oxygen atoms in total. The average molecular weight is 240 g/mol. The van der Waals surface area contributed by atoms with Crippen LogP contribution in [-0.4, -0.2) is 0 Å². The van der Waals surface area contributed by atoms with Crippen molar-refractivity contribution in [1.29, 1.82) is 5.26 Å². The number of nitrogens with one attached hydrogen (secondary N) is 1. The van der Waals surface area contributed by atoms with Crippen molar-refractivity contribution in [3.05, 3.63) is 71.0 Å². The molecule has 0 saturated carbocycles. The predicted octanol–water partition coefficient (Wildman–Crippen LogP) is 2.99. The lowest BCUT2D eigenvalue weighted by molar-refractivity contribution is 0.585. The summed E-state index contributed by atoms with van der Waals surface area (Å²) in [5, 5.41) is 11.9. The molecule has 0 fully saturated rings. The van der Waals surface area contributed by atoms with Crippen LogP contribution in [0, 0.1) is 17.1 Å². The highest BCUT2D eigenvalue weighted by molar-refractivity contribution is 5.34. The van der Waals surface area contributed by atoms with E-state index in [2.05, 4.69) is 5.32 Å². The zero-order chi connectivity index (χ0) is 12.8. The van der Waals surface area contributed by atoms with E-state index in [0.717, 1.165) is 5.56 Å². The number of nitriles is 1. The first kappa shape index (κ1) is 12.3. The Kier molecular flexibility index (Phi) is 4.06. The van der Waals surface area contributed by atoms with Crippen LogP contribution < -0.4 is 5.32 Å². The zero-order valence-corrected chi connectivity index (χ0v) is 9.86. The van der Waals surface area contributed by atoms with Gasteiger partial charge in [0.25, 0.3) is 0 Å². The van der Waals surface area contributed by atoms with E-state index in [9.17, 15) is 4.39 Å². The van der Waals surface area contributed by atoms with Crippen LogP contribution in [0.25, 0.3) is 0 Å². The third-order valence-electron chi connectivity index (χ3n) is 2.69. The molecule has 0 heterocycles. The van der Waals surface area contributed by atoms with Crippen molar-refractivity contribution in [1.82, 2.24) is 5.32 Å². The summed E-state index contributed by atoms with van der Waals surface area (Å²) in [6, 6.07) is 16.6. The first-order chi connectivity index (χ1) is 8.81. The topological polar surface area (TPSA) is 35.8 Å². The smallest absolute Gasteiger partial charge is 0.145 e. The number of rotatable bonds is 4. The van der Waals surface area contributed by atoms with E-state index in [1.54, 1.807) is 12.1 Å². The Balaban J connectivity index is 1.97. The number of benzene rings is 2. The lowest BCUT2D eigenvalue weighted by atomic mass is 10.1. The van der Waals surface area contributed by atoms with Crippen molar-refractivity contribution in [3.8, 4) is 6.07 Å². The molecule has 0 radical (unpaired) electrons. The fourth-order valence-corrected chi connectivity index (χ4v) is 1.74. The molecule has 2 aromatic rings. The number of hydrogen-bond donors (Lipinski definition) is 1. The Hall–Kier alpha value is -2.18. The van der Waals surface area contributed by atoms with Gasteiger partial charge in [-0.3, -0.25) is 0 Å². The molecule has 0 atom stereocenters. The molecule has 0 aliphatic carbocycles. The molecule has 1 N–H and O–H groups in total. The third kappa shape index (κ3) is 2.93. The average Bonchev–Trinajstić information content (AvgIpc) is 2.42. The van der Waals surface area contributed by atoms with E-state index in [-0.39, 0.29) is 5.56 Å². The van der Waals surface area contributed by atoms with E-state index in [0.29, 0.717) is 18.7 Å². The summed E-state index contributed by atoms with van der Waals surface area (Å²) < 4.78 is 13.7. The summed E-state index contributed by atoms with van der Waals surface area (Å²) in [5.74, 6) is -0.430. The van der Waals surface area contributed by atoms with Crippen LogP contribution in [0.3, 0.4) is 0 Å². The lowest BCUT2D eigenvalue weighted by Gasteiger charge is -2.06. The first-order valence-electron chi connectivity index (χ1n) is 5.73. The molecule has 0 aliphatic rings. The van der Waals surface area contributed by atoms with Gasteiger partial charge in [0, 0.05) is 18.7 Å².